The maximum atomic E-state index is 14.2. The summed E-state index contributed by atoms with van der Waals surface area (Å²) in [4.78, 5) is 44.5. The maximum absolute atomic E-state index is 14.2. The lowest BCUT2D eigenvalue weighted by Gasteiger charge is -2.31. The third kappa shape index (κ3) is 14.3. The van der Waals surface area contributed by atoms with Gasteiger partial charge in [0.2, 0.25) is 11.8 Å². The van der Waals surface area contributed by atoms with Crippen LogP contribution in [-0.2, 0) is 30.6 Å². The number of carbonyl (C=O) groups is 3. The summed E-state index contributed by atoms with van der Waals surface area (Å²) in [6.45, 7) is 8.04. The van der Waals surface area contributed by atoms with Crippen molar-refractivity contribution < 1.29 is 41.4 Å². The molecule has 2 aromatic rings. The monoisotopic (exact) mass is 728 g/mol. The molecule has 0 spiro atoms. The fourth-order valence-electron chi connectivity index (χ4n) is 5.16. The highest BCUT2D eigenvalue weighted by molar-refractivity contribution is 8.00. The summed E-state index contributed by atoms with van der Waals surface area (Å²) in [6.07, 6.45) is 2.65. The summed E-state index contributed by atoms with van der Waals surface area (Å²) in [5, 5.41) is 17.7. The Morgan fingerprint density at radius 2 is 1.67 bits per heavy atom. The van der Waals surface area contributed by atoms with Gasteiger partial charge in [-0.2, -0.15) is 0 Å². The van der Waals surface area contributed by atoms with Crippen LogP contribution in [0, 0.1) is 17.6 Å². The first-order valence-corrected chi connectivity index (χ1v) is 19.2. The zero-order valence-corrected chi connectivity index (χ0v) is 30.4. The van der Waals surface area contributed by atoms with Crippen molar-refractivity contribution in [3.05, 3.63) is 65.5 Å². The molecule has 1 heterocycles. The van der Waals surface area contributed by atoms with Gasteiger partial charge in [-0.15, -0.1) is 11.8 Å². The lowest BCUT2D eigenvalue weighted by atomic mass is 9.97. The SMILES string of the molecule is CCCC(CCC)S(=O)(=O)CC(NC(=O)c1cccnc1)C(=O)N[C@@H](Cc1cc(F)cc(F)c1)[C@@H](O)[C@@H](SCCOC)C(=O)NCC(C)C. The number of amides is 3. The van der Waals surface area contributed by atoms with E-state index in [0.717, 1.165) is 23.9 Å². The number of benzene rings is 1. The Morgan fingerprint density at radius 3 is 2.22 bits per heavy atom. The number of rotatable bonds is 22. The normalized spacial score (nSPS) is 14.2. The summed E-state index contributed by atoms with van der Waals surface area (Å²) in [5.74, 6) is -4.38. The van der Waals surface area contributed by atoms with Gasteiger partial charge in [0.1, 0.15) is 22.9 Å². The highest BCUT2D eigenvalue weighted by atomic mass is 32.2. The molecule has 11 nitrogen and oxygen atoms in total. The van der Waals surface area contributed by atoms with Crippen molar-refractivity contribution in [1.29, 1.82) is 0 Å². The molecule has 0 fully saturated rings. The van der Waals surface area contributed by atoms with Crippen LogP contribution in [0.5, 0.6) is 0 Å². The summed E-state index contributed by atoms with van der Waals surface area (Å²) in [7, 11) is -2.46. The molecule has 15 heteroatoms. The molecule has 4 N–H and O–H groups in total. The number of aliphatic hydroxyl groups is 1. The predicted octanol–water partition coefficient (Wildman–Crippen LogP) is 3.45. The average Bonchev–Trinajstić information content (AvgIpc) is 3.04. The highest BCUT2D eigenvalue weighted by Crippen LogP contribution is 2.22. The van der Waals surface area contributed by atoms with Crippen LogP contribution in [0.15, 0.2) is 42.7 Å². The second-order valence-electron chi connectivity index (χ2n) is 12.3. The first-order valence-electron chi connectivity index (χ1n) is 16.5. The fraction of sp³-hybridized carbons (Fsp3) is 0.588. The van der Waals surface area contributed by atoms with Gasteiger partial charge in [0.15, 0.2) is 9.84 Å². The van der Waals surface area contributed by atoms with Crippen molar-refractivity contribution in [3.8, 4) is 0 Å². The summed E-state index contributed by atoms with van der Waals surface area (Å²) >= 11 is 1.07. The number of carbonyl (C=O) groups excluding carboxylic acids is 3. The molecule has 1 aromatic carbocycles. The van der Waals surface area contributed by atoms with Crippen LogP contribution in [0.25, 0.3) is 0 Å². The molecule has 0 radical (unpaired) electrons. The van der Waals surface area contributed by atoms with Gasteiger partial charge < -0.3 is 25.8 Å². The standard InChI is InChI=1S/C34H50F2N4O7S2/c1-6-9-27(10-7-2)49(45,46)21-29(40-32(42)24-11-8-12-37-20-24)33(43)39-28(17-23-15-25(35)18-26(36)16-23)30(41)31(48-14-13-47-5)34(44)38-19-22(3)4/h8,11-12,15-16,18,20,22,27-31,41H,6-7,9-10,13-14,17,19,21H2,1-5H3,(H,38,44)(H,39,43)(H,40,42)/t28-,29?,30+,31+/m0/s1. The molecule has 3 amide bonds. The largest absolute Gasteiger partial charge is 0.389 e. The van der Waals surface area contributed by atoms with E-state index in [1.807, 2.05) is 27.7 Å². The van der Waals surface area contributed by atoms with Gasteiger partial charge in [-0.05, 0) is 55.0 Å². The number of hydrogen-bond donors (Lipinski definition) is 4. The molecule has 4 atom stereocenters. The number of aliphatic hydroxyl groups excluding tert-OH is 1. The molecule has 0 aliphatic rings. The molecular weight excluding hydrogens is 679 g/mol. The van der Waals surface area contributed by atoms with Crippen molar-refractivity contribution in [3.63, 3.8) is 0 Å². The number of methoxy groups -OCH3 is 1. The van der Waals surface area contributed by atoms with Gasteiger partial charge in [-0.3, -0.25) is 19.4 Å². The minimum absolute atomic E-state index is 0.0691. The van der Waals surface area contributed by atoms with Crippen molar-refractivity contribution in [2.75, 3.05) is 31.8 Å². The van der Waals surface area contributed by atoms with E-state index in [1.165, 1.54) is 31.6 Å². The number of pyridine rings is 1. The summed E-state index contributed by atoms with van der Waals surface area (Å²) in [5.41, 5.74) is 0.152. The Hall–Kier alpha value is -3.14. The lowest BCUT2D eigenvalue weighted by Crippen LogP contribution is -2.58. The van der Waals surface area contributed by atoms with Crippen LogP contribution < -0.4 is 16.0 Å². The van der Waals surface area contributed by atoms with Gasteiger partial charge in [-0.1, -0.05) is 40.5 Å². The van der Waals surface area contributed by atoms with E-state index in [9.17, 15) is 36.7 Å². The molecule has 274 valence electrons. The van der Waals surface area contributed by atoms with E-state index in [0.29, 0.717) is 44.0 Å². The molecular formula is C34H50F2N4O7S2. The first kappa shape index (κ1) is 42.0. The number of ether oxygens (including phenoxy) is 1. The van der Waals surface area contributed by atoms with Gasteiger partial charge in [0.25, 0.3) is 5.91 Å². The molecule has 2 rings (SSSR count). The van der Waals surface area contributed by atoms with Gasteiger partial charge >= 0.3 is 0 Å². The van der Waals surface area contributed by atoms with Crippen LogP contribution in [0.3, 0.4) is 0 Å². The molecule has 0 saturated heterocycles. The van der Waals surface area contributed by atoms with Crippen molar-refractivity contribution >= 4 is 39.3 Å². The zero-order chi connectivity index (χ0) is 36.6. The molecule has 0 aliphatic heterocycles. The van der Waals surface area contributed by atoms with Crippen LogP contribution >= 0.6 is 11.8 Å². The third-order valence-corrected chi connectivity index (χ3v) is 11.2. The first-order chi connectivity index (χ1) is 23.2. The van der Waals surface area contributed by atoms with Crippen molar-refractivity contribution in [1.82, 2.24) is 20.9 Å². The van der Waals surface area contributed by atoms with Crippen LogP contribution in [0.2, 0.25) is 0 Å². The van der Waals surface area contributed by atoms with Crippen LogP contribution in [-0.4, -0.2) is 96.7 Å². The van der Waals surface area contributed by atoms with Crippen LogP contribution in [0.4, 0.5) is 8.78 Å². The van der Waals surface area contributed by atoms with E-state index < -0.39 is 73.6 Å². The Labute approximate surface area is 292 Å². The number of halogens is 2. The molecule has 1 unspecified atom stereocenters. The summed E-state index contributed by atoms with van der Waals surface area (Å²) < 4.78 is 60.9. The average molecular weight is 729 g/mol. The Bertz CT molecular complexity index is 1430. The number of nitrogens with one attached hydrogen (secondary N) is 3. The molecule has 1 aromatic heterocycles. The minimum Gasteiger partial charge on any atom is -0.389 e. The topological polar surface area (TPSA) is 164 Å². The van der Waals surface area contributed by atoms with E-state index in [2.05, 4.69) is 20.9 Å². The maximum Gasteiger partial charge on any atom is 0.253 e. The van der Waals surface area contributed by atoms with E-state index in [-0.39, 0.29) is 30.1 Å². The van der Waals surface area contributed by atoms with Gasteiger partial charge in [0.05, 0.1) is 35.3 Å². The van der Waals surface area contributed by atoms with Crippen molar-refractivity contribution in [2.24, 2.45) is 5.92 Å². The minimum atomic E-state index is -3.94. The number of thioether (sulfide) groups is 1. The Balaban J connectivity index is 2.56. The highest BCUT2D eigenvalue weighted by Gasteiger charge is 2.38. The third-order valence-electron chi connectivity index (χ3n) is 7.63. The molecule has 0 bridgehead atoms. The van der Waals surface area contributed by atoms with E-state index in [4.69, 9.17) is 4.74 Å². The predicted molar refractivity (Wildman–Crippen MR) is 187 cm³/mol. The second-order valence-corrected chi connectivity index (χ2v) is 15.9. The smallest absolute Gasteiger partial charge is 0.253 e. The number of nitrogens with zero attached hydrogens (tertiary/aromatic N) is 1. The second kappa shape index (κ2) is 21.2. The number of sulfone groups is 1. The van der Waals surface area contributed by atoms with E-state index in [1.54, 1.807) is 0 Å². The van der Waals surface area contributed by atoms with Crippen molar-refractivity contribution in [2.45, 2.75) is 88.5 Å². The van der Waals surface area contributed by atoms with Gasteiger partial charge in [-0.25, -0.2) is 17.2 Å². The molecule has 0 saturated carbocycles. The van der Waals surface area contributed by atoms with E-state index >= 15 is 0 Å². The molecule has 49 heavy (non-hydrogen) atoms. The quantitative estimate of drug-likeness (QED) is 0.133. The Morgan fingerprint density at radius 1 is 1.02 bits per heavy atom. The van der Waals surface area contributed by atoms with Gasteiger partial charge in [0, 0.05) is 37.9 Å². The Kier molecular flexibility index (Phi) is 18.2. The fourth-order valence-corrected chi connectivity index (χ4v) is 8.46. The molecule has 0 aliphatic carbocycles. The summed E-state index contributed by atoms with van der Waals surface area (Å²) in [6, 6.07) is 2.73. The lowest BCUT2D eigenvalue weighted by molar-refractivity contribution is -0.126. The number of hydrogen-bond acceptors (Lipinski definition) is 9. The van der Waals surface area contributed by atoms with Crippen LogP contribution in [0.1, 0.15) is 69.3 Å². The zero-order valence-electron chi connectivity index (χ0n) is 28.8. The number of aromatic nitrogens is 1.